The lowest BCUT2D eigenvalue weighted by Gasteiger charge is -2.26. The molecule has 2 fully saturated rings. The lowest BCUT2D eigenvalue weighted by molar-refractivity contribution is 0.273. The predicted octanol–water partition coefficient (Wildman–Crippen LogP) is 1.87. The highest BCUT2D eigenvalue weighted by Gasteiger charge is 2.28. The number of hydrogen-bond donors (Lipinski definition) is 1. The molecule has 0 spiro atoms. The average Bonchev–Trinajstić information content (AvgIpc) is 2.83. The molecule has 0 aliphatic carbocycles. The number of nitrogens with zero attached hydrogens (tertiary/aromatic N) is 3. The lowest BCUT2D eigenvalue weighted by Crippen LogP contribution is -2.36. The topological polar surface area (TPSA) is 31.4 Å². The van der Waals surface area contributed by atoms with E-state index in [1.807, 2.05) is 6.20 Å². The van der Waals surface area contributed by atoms with Gasteiger partial charge in [-0.05, 0) is 44.0 Å². The summed E-state index contributed by atoms with van der Waals surface area (Å²) in [6.07, 6.45) is 6.01. The molecule has 0 aromatic carbocycles. The van der Waals surface area contributed by atoms with Crippen LogP contribution in [0.5, 0.6) is 0 Å². The summed E-state index contributed by atoms with van der Waals surface area (Å²) in [5, 5.41) is 3.34. The third-order valence-electron chi connectivity index (χ3n) is 4.52. The van der Waals surface area contributed by atoms with E-state index in [0.29, 0.717) is 0 Å². The quantitative estimate of drug-likeness (QED) is 0.908. The Balaban J connectivity index is 1.65. The molecule has 110 valence electrons. The van der Waals surface area contributed by atoms with Gasteiger partial charge in [-0.1, -0.05) is 13.0 Å². The van der Waals surface area contributed by atoms with Crippen molar-refractivity contribution in [2.75, 3.05) is 37.6 Å². The highest BCUT2D eigenvalue weighted by atomic mass is 15.3. The Bertz CT molecular complexity index is 417. The van der Waals surface area contributed by atoms with E-state index in [0.717, 1.165) is 38.0 Å². The molecule has 20 heavy (non-hydrogen) atoms. The molecule has 1 aromatic rings. The van der Waals surface area contributed by atoms with Gasteiger partial charge in [-0.25, -0.2) is 4.98 Å². The van der Waals surface area contributed by atoms with Gasteiger partial charge in [0.1, 0.15) is 5.82 Å². The fourth-order valence-corrected chi connectivity index (χ4v) is 3.39. The molecule has 0 bridgehead atoms. The molecule has 1 unspecified atom stereocenters. The Labute approximate surface area is 122 Å². The SMILES string of the molecule is CCNCc1ccc(N2CCCN3CCCC3C2)nc1. The van der Waals surface area contributed by atoms with Gasteiger partial charge >= 0.3 is 0 Å². The van der Waals surface area contributed by atoms with Gasteiger partial charge in [0.2, 0.25) is 0 Å². The standard InChI is InChI=1S/C16H26N4/c1-2-17-11-14-6-7-16(18-12-14)20-10-4-9-19-8-3-5-15(19)13-20/h6-7,12,15,17H,2-5,8-11,13H2,1H3. The predicted molar refractivity (Wildman–Crippen MR) is 83.0 cm³/mol. The van der Waals surface area contributed by atoms with Crippen LogP contribution < -0.4 is 10.2 Å². The fraction of sp³-hybridized carbons (Fsp3) is 0.688. The Kier molecular flexibility index (Phi) is 4.53. The molecule has 3 heterocycles. The van der Waals surface area contributed by atoms with Gasteiger partial charge in [-0.3, -0.25) is 4.90 Å². The Morgan fingerprint density at radius 1 is 1.25 bits per heavy atom. The number of pyridine rings is 1. The van der Waals surface area contributed by atoms with Crippen molar-refractivity contribution in [1.82, 2.24) is 15.2 Å². The van der Waals surface area contributed by atoms with E-state index >= 15 is 0 Å². The van der Waals surface area contributed by atoms with Gasteiger partial charge in [0.15, 0.2) is 0 Å². The molecule has 2 aliphatic heterocycles. The second kappa shape index (κ2) is 6.55. The molecule has 0 saturated carbocycles. The highest BCUT2D eigenvalue weighted by Crippen LogP contribution is 2.24. The molecular formula is C16H26N4. The van der Waals surface area contributed by atoms with E-state index in [4.69, 9.17) is 0 Å². The molecule has 1 aromatic heterocycles. The largest absolute Gasteiger partial charge is 0.355 e. The van der Waals surface area contributed by atoms with Crippen molar-refractivity contribution in [3.8, 4) is 0 Å². The molecule has 1 N–H and O–H groups in total. The maximum atomic E-state index is 4.68. The van der Waals surface area contributed by atoms with Crippen LogP contribution in [0.2, 0.25) is 0 Å². The van der Waals surface area contributed by atoms with E-state index < -0.39 is 0 Å². The van der Waals surface area contributed by atoms with E-state index in [9.17, 15) is 0 Å². The second-order valence-corrected chi connectivity index (χ2v) is 5.94. The molecule has 0 amide bonds. The number of anilines is 1. The molecule has 2 aliphatic rings. The van der Waals surface area contributed by atoms with Crippen molar-refractivity contribution in [2.45, 2.75) is 38.8 Å². The Morgan fingerprint density at radius 2 is 2.15 bits per heavy atom. The van der Waals surface area contributed by atoms with E-state index in [-0.39, 0.29) is 0 Å². The summed E-state index contributed by atoms with van der Waals surface area (Å²) in [6, 6.07) is 5.15. The summed E-state index contributed by atoms with van der Waals surface area (Å²) in [6.45, 7) is 8.91. The first-order chi connectivity index (χ1) is 9.86. The van der Waals surface area contributed by atoms with Gasteiger partial charge in [0, 0.05) is 38.4 Å². The molecule has 3 rings (SSSR count). The first-order valence-corrected chi connectivity index (χ1v) is 8.01. The number of fused-ring (bicyclic) bond motifs is 1. The van der Waals surface area contributed by atoms with Gasteiger partial charge in [0.25, 0.3) is 0 Å². The van der Waals surface area contributed by atoms with Crippen LogP contribution in [0.1, 0.15) is 31.7 Å². The molecule has 4 heteroatoms. The summed E-state index contributed by atoms with van der Waals surface area (Å²) < 4.78 is 0. The van der Waals surface area contributed by atoms with Crippen LogP contribution in [-0.2, 0) is 6.54 Å². The lowest BCUT2D eigenvalue weighted by atomic mass is 10.2. The first-order valence-electron chi connectivity index (χ1n) is 8.01. The zero-order chi connectivity index (χ0) is 13.8. The van der Waals surface area contributed by atoms with Gasteiger partial charge < -0.3 is 10.2 Å². The summed E-state index contributed by atoms with van der Waals surface area (Å²) in [5.41, 5.74) is 1.27. The van der Waals surface area contributed by atoms with Gasteiger partial charge in [0.05, 0.1) is 0 Å². The van der Waals surface area contributed by atoms with Crippen LogP contribution >= 0.6 is 0 Å². The van der Waals surface area contributed by atoms with Crippen LogP contribution in [0.3, 0.4) is 0 Å². The van der Waals surface area contributed by atoms with Crippen LogP contribution in [0.25, 0.3) is 0 Å². The second-order valence-electron chi connectivity index (χ2n) is 5.94. The minimum atomic E-state index is 0.751. The number of aromatic nitrogens is 1. The number of nitrogens with one attached hydrogen (secondary N) is 1. The van der Waals surface area contributed by atoms with E-state index in [2.05, 4.69) is 39.2 Å². The van der Waals surface area contributed by atoms with Crippen molar-refractivity contribution in [3.63, 3.8) is 0 Å². The van der Waals surface area contributed by atoms with Crippen molar-refractivity contribution < 1.29 is 0 Å². The summed E-state index contributed by atoms with van der Waals surface area (Å²) >= 11 is 0. The zero-order valence-corrected chi connectivity index (χ0v) is 12.5. The molecular weight excluding hydrogens is 248 g/mol. The Hall–Kier alpha value is -1.13. The van der Waals surface area contributed by atoms with Gasteiger partial charge in [-0.15, -0.1) is 0 Å². The Morgan fingerprint density at radius 3 is 2.95 bits per heavy atom. The number of rotatable bonds is 4. The molecule has 2 saturated heterocycles. The fourth-order valence-electron chi connectivity index (χ4n) is 3.39. The van der Waals surface area contributed by atoms with E-state index in [1.165, 1.54) is 37.9 Å². The van der Waals surface area contributed by atoms with Crippen molar-refractivity contribution in [1.29, 1.82) is 0 Å². The van der Waals surface area contributed by atoms with Crippen molar-refractivity contribution in [2.24, 2.45) is 0 Å². The van der Waals surface area contributed by atoms with Crippen LogP contribution in [0.4, 0.5) is 5.82 Å². The summed E-state index contributed by atoms with van der Waals surface area (Å²) in [5.74, 6) is 1.15. The van der Waals surface area contributed by atoms with Gasteiger partial charge in [-0.2, -0.15) is 0 Å². The minimum absolute atomic E-state index is 0.751. The maximum absolute atomic E-state index is 4.68. The minimum Gasteiger partial charge on any atom is -0.355 e. The highest BCUT2D eigenvalue weighted by molar-refractivity contribution is 5.40. The first kappa shape index (κ1) is 13.8. The molecule has 4 nitrogen and oxygen atoms in total. The zero-order valence-electron chi connectivity index (χ0n) is 12.5. The molecule has 1 atom stereocenters. The maximum Gasteiger partial charge on any atom is 0.128 e. The normalized spacial score (nSPS) is 23.6. The third kappa shape index (κ3) is 3.13. The average molecular weight is 274 g/mol. The smallest absolute Gasteiger partial charge is 0.128 e. The number of hydrogen-bond acceptors (Lipinski definition) is 4. The van der Waals surface area contributed by atoms with Crippen LogP contribution in [0.15, 0.2) is 18.3 Å². The van der Waals surface area contributed by atoms with E-state index in [1.54, 1.807) is 0 Å². The van der Waals surface area contributed by atoms with Crippen LogP contribution in [-0.4, -0.2) is 48.6 Å². The van der Waals surface area contributed by atoms with Crippen LogP contribution in [0, 0.1) is 0 Å². The third-order valence-corrected chi connectivity index (χ3v) is 4.52. The summed E-state index contributed by atoms with van der Waals surface area (Å²) in [4.78, 5) is 9.82. The monoisotopic (exact) mass is 274 g/mol. The molecule has 0 radical (unpaired) electrons. The van der Waals surface area contributed by atoms with Crippen molar-refractivity contribution in [3.05, 3.63) is 23.9 Å². The van der Waals surface area contributed by atoms with Crippen molar-refractivity contribution >= 4 is 5.82 Å². The summed E-state index contributed by atoms with van der Waals surface area (Å²) in [7, 11) is 0.